The summed E-state index contributed by atoms with van der Waals surface area (Å²) in [6, 6.07) is 31.1. The Kier molecular flexibility index (Phi) is 4.93. The van der Waals surface area contributed by atoms with E-state index in [-0.39, 0.29) is 5.82 Å². The van der Waals surface area contributed by atoms with Crippen molar-refractivity contribution in [3.8, 4) is 28.3 Å². The van der Waals surface area contributed by atoms with Crippen molar-refractivity contribution in [1.29, 1.82) is 5.26 Å². The summed E-state index contributed by atoms with van der Waals surface area (Å²) in [5.41, 5.74) is 13.6. The third kappa shape index (κ3) is 3.30. The van der Waals surface area contributed by atoms with Crippen molar-refractivity contribution in [3.63, 3.8) is 0 Å². The number of anilines is 1. The molecule has 4 nitrogen and oxygen atoms in total. The molecule has 4 heteroatoms. The normalized spacial score (nSPS) is 10.9. The summed E-state index contributed by atoms with van der Waals surface area (Å²) >= 11 is 0. The topological polar surface area (TPSA) is 67.6 Å². The Morgan fingerprint density at radius 2 is 1.53 bits per heavy atom. The third-order valence-corrected chi connectivity index (χ3v) is 5.83. The molecule has 0 saturated heterocycles. The molecule has 0 aliphatic rings. The second kappa shape index (κ2) is 8.05. The Balaban J connectivity index is 1.83. The monoisotopic (exact) mass is 414 g/mol. The summed E-state index contributed by atoms with van der Waals surface area (Å²) < 4.78 is 2.24. The SMILES string of the molecule is Cc1nc(N)c(C#N)c(-c2cn(Cc3ccccc3)c3ccccc23)c1-c1ccccc1. The molecule has 2 heterocycles. The van der Waals surface area contributed by atoms with Crippen LogP contribution in [0.3, 0.4) is 0 Å². The van der Waals surface area contributed by atoms with Crippen LogP contribution < -0.4 is 5.73 Å². The molecule has 2 N–H and O–H groups in total. The van der Waals surface area contributed by atoms with E-state index in [1.54, 1.807) is 0 Å². The fraction of sp³-hybridized carbons (Fsp3) is 0.0714. The molecule has 3 aromatic carbocycles. The van der Waals surface area contributed by atoms with Crippen LogP contribution in [0.1, 0.15) is 16.8 Å². The number of fused-ring (bicyclic) bond motifs is 1. The van der Waals surface area contributed by atoms with E-state index < -0.39 is 0 Å². The van der Waals surface area contributed by atoms with Gasteiger partial charge in [-0.3, -0.25) is 0 Å². The number of aromatic nitrogens is 2. The van der Waals surface area contributed by atoms with E-state index in [1.807, 2.05) is 55.5 Å². The number of hydrogen-bond donors (Lipinski definition) is 1. The first-order valence-corrected chi connectivity index (χ1v) is 10.5. The number of nitrogens with zero attached hydrogens (tertiary/aromatic N) is 3. The van der Waals surface area contributed by atoms with Crippen LogP contribution in [-0.4, -0.2) is 9.55 Å². The molecule has 5 rings (SSSR count). The van der Waals surface area contributed by atoms with Crippen LogP contribution in [0.25, 0.3) is 33.2 Å². The first-order chi connectivity index (χ1) is 15.7. The maximum Gasteiger partial charge on any atom is 0.142 e. The number of rotatable bonds is 4. The smallest absolute Gasteiger partial charge is 0.142 e. The first kappa shape index (κ1) is 19.6. The fourth-order valence-corrected chi connectivity index (χ4v) is 4.42. The molecule has 2 aromatic heterocycles. The predicted octanol–water partition coefficient (Wildman–Crippen LogP) is 6.18. The average Bonchev–Trinajstić information content (AvgIpc) is 3.18. The highest BCUT2D eigenvalue weighted by molar-refractivity contribution is 6.03. The van der Waals surface area contributed by atoms with E-state index in [0.717, 1.165) is 45.4 Å². The molecule has 0 atom stereocenters. The van der Waals surface area contributed by atoms with Gasteiger partial charge in [0.15, 0.2) is 0 Å². The molecule has 154 valence electrons. The highest BCUT2D eigenvalue weighted by Gasteiger charge is 2.22. The van der Waals surface area contributed by atoms with E-state index in [4.69, 9.17) is 5.73 Å². The highest BCUT2D eigenvalue weighted by atomic mass is 15.0. The summed E-state index contributed by atoms with van der Waals surface area (Å²) in [7, 11) is 0. The number of nitriles is 1. The number of para-hydroxylation sites is 1. The molecule has 5 aromatic rings. The Labute approximate surface area is 187 Å². The van der Waals surface area contributed by atoms with Crippen LogP contribution >= 0.6 is 0 Å². The van der Waals surface area contributed by atoms with Crippen LogP contribution in [-0.2, 0) is 6.54 Å². The van der Waals surface area contributed by atoms with Gasteiger partial charge in [0, 0.05) is 46.0 Å². The highest BCUT2D eigenvalue weighted by Crippen LogP contribution is 2.42. The van der Waals surface area contributed by atoms with Crippen molar-refractivity contribution >= 4 is 16.7 Å². The number of pyridine rings is 1. The Morgan fingerprint density at radius 1 is 0.875 bits per heavy atom. The first-order valence-electron chi connectivity index (χ1n) is 10.5. The number of nitrogen functional groups attached to an aromatic ring is 1. The van der Waals surface area contributed by atoms with E-state index in [9.17, 15) is 5.26 Å². The van der Waals surface area contributed by atoms with Crippen molar-refractivity contribution < 1.29 is 0 Å². The van der Waals surface area contributed by atoms with E-state index in [2.05, 4.69) is 58.2 Å². The minimum atomic E-state index is 0.263. The molecule has 0 bridgehead atoms. The van der Waals surface area contributed by atoms with Gasteiger partial charge in [-0.15, -0.1) is 0 Å². The maximum atomic E-state index is 10.1. The molecule has 0 saturated carbocycles. The quantitative estimate of drug-likeness (QED) is 0.382. The number of hydrogen-bond acceptors (Lipinski definition) is 3. The zero-order valence-electron chi connectivity index (χ0n) is 17.8. The fourth-order valence-electron chi connectivity index (χ4n) is 4.42. The molecule has 32 heavy (non-hydrogen) atoms. The lowest BCUT2D eigenvalue weighted by molar-refractivity contribution is 0.837. The van der Waals surface area contributed by atoms with Gasteiger partial charge in [0.05, 0.1) is 0 Å². The molecule has 0 aliphatic heterocycles. The van der Waals surface area contributed by atoms with Crippen molar-refractivity contribution in [2.24, 2.45) is 0 Å². The Hall–Kier alpha value is -4.36. The summed E-state index contributed by atoms with van der Waals surface area (Å²) in [5.74, 6) is 0.263. The van der Waals surface area contributed by atoms with Gasteiger partial charge in [-0.25, -0.2) is 4.98 Å². The van der Waals surface area contributed by atoms with E-state index >= 15 is 0 Å². The van der Waals surface area contributed by atoms with Gasteiger partial charge < -0.3 is 10.3 Å². The molecule has 0 aliphatic carbocycles. The average molecular weight is 415 g/mol. The lowest BCUT2D eigenvalue weighted by Crippen LogP contribution is -2.03. The van der Waals surface area contributed by atoms with Gasteiger partial charge >= 0.3 is 0 Å². The van der Waals surface area contributed by atoms with Gasteiger partial charge in [-0.2, -0.15) is 5.26 Å². The van der Waals surface area contributed by atoms with E-state index in [1.165, 1.54) is 5.56 Å². The number of benzene rings is 3. The van der Waals surface area contributed by atoms with Gasteiger partial charge in [-0.1, -0.05) is 78.9 Å². The lowest BCUT2D eigenvalue weighted by Gasteiger charge is -2.15. The molecular weight excluding hydrogens is 392 g/mol. The van der Waals surface area contributed by atoms with Crippen molar-refractivity contribution in [2.45, 2.75) is 13.5 Å². The molecule has 0 amide bonds. The largest absolute Gasteiger partial charge is 0.383 e. The van der Waals surface area contributed by atoms with Gasteiger partial charge in [0.25, 0.3) is 0 Å². The molecule has 0 fully saturated rings. The van der Waals surface area contributed by atoms with Crippen molar-refractivity contribution in [1.82, 2.24) is 9.55 Å². The third-order valence-electron chi connectivity index (χ3n) is 5.83. The standard InChI is InChI=1S/C28H22N4/c1-19-26(21-12-6-3-7-13-21)27(23(16-29)28(30)31-19)24-18-32(17-20-10-4-2-5-11-20)25-15-9-8-14-22(24)25/h2-15,18H,17H2,1H3,(H2,30,31). The van der Waals surface area contributed by atoms with Crippen LogP contribution in [0.15, 0.2) is 91.1 Å². The second-order valence-electron chi connectivity index (χ2n) is 7.86. The van der Waals surface area contributed by atoms with E-state index in [0.29, 0.717) is 5.56 Å². The summed E-state index contributed by atoms with van der Waals surface area (Å²) in [4.78, 5) is 4.51. The number of nitrogens with two attached hydrogens (primary N) is 1. The minimum absolute atomic E-state index is 0.263. The Bertz CT molecular complexity index is 1460. The van der Waals surface area contributed by atoms with Gasteiger partial charge in [0.1, 0.15) is 17.5 Å². The molecule has 0 unspecified atom stereocenters. The van der Waals surface area contributed by atoms with Crippen LogP contribution in [0.4, 0.5) is 5.82 Å². The maximum absolute atomic E-state index is 10.1. The van der Waals surface area contributed by atoms with Gasteiger partial charge in [0.2, 0.25) is 0 Å². The molecule has 0 radical (unpaired) electrons. The van der Waals surface area contributed by atoms with Gasteiger partial charge in [-0.05, 0) is 24.1 Å². The molecular formula is C28H22N4. The summed E-state index contributed by atoms with van der Waals surface area (Å²) in [6.45, 7) is 2.69. The summed E-state index contributed by atoms with van der Waals surface area (Å²) in [6.07, 6.45) is 2.14. The van der Waals surface area contributed by atoms with Crippen molar-refractivity contribution in [3.05, 3.63) is 108 Å². The van der Waals surface area contributed by atoms with Crippen LogP contribution in [0.5, 0.6) is 0 Å². The molecule has 0 spiro atoms. The zero-order chi connectivity index (χ0) is 22.1. The summed E-state index contributed by atoms with van der Waals surface area (Å²) in [5, 5.41) is 11.1. The van der Waals surface area contributed by atoms with Crippen molar-refractivity contribution in [2.75, 3.05) is 5.73 Å². The van der Waals surface area contributed by atoms with Crippen LogP contribution in [0, 0.1) is 18.3 Å². The Morgan fingerprint density at radius 3 is 2.25 bits per heavy atom. The zero-order valence-corrected chi connectivity index (χ0v) is 17.8. The second-order valence-corrected chi connectivity index (χ2v) is 7.86. The minimum Gasteiger partial charge on any atom is -0.383 e. The van der Waals surface area contributed by atoms with Crippen LogP contribution in [0.2, 0.25) is 0 Å². The lowest BCUT2D eigenvalue weighted by atomic mass is 9.90. The number of aryl methyl sites for hydroxylation is 1. The predicted molar refractivity (Wildman–Crippen MR) is 130 cm³/mol.